The molecular formula is C23H16F3N3O5S. The fraction of sp³-hybridized carbons (Fsp3) is 0.217. The number of thiazole rings is 1. The standard InChI is InChI=1S/C23H16F3N3O5S/c1-27-17-7-5-11(9-18(17)35-22(27)34)28-10-14(20(31)32)19(30)29(21(28)33)16-8-6-12-13(16)3-2-4-15(12)23(24,25)26/h2-5,7,9-10,16H,6,8H2,1H3,(H,31,32). The molecule has 4 aromatic rings. The van der Waals surface area contributed by atoms with Gasteiger partial charge in [-0.2, -0.15) is 13.2 Å². The van der Waals surface area contributed by atoms with Crippen molar-refractivity contribution >= 4 is 27.5 Å². The molecule has 1 atom stereocenters. The number of carbonyl (C=O) groups is 1. The van der Waals surface area contributed by atoms with Gasteiger partial charge in [-0.25, -0.2) is 9.59 Å². The largest absolute Gasteiger partial charge is 0.477 e. The molecule has 2 aromatic heterocycles. The lowest BCUT2D eigenvalue weighted by molar-refractivity contribution is -0.138. The number of carboxylic acid groups (broad SMARTS) is 1. The van der Waals surface area contributed by atoms with E-state index in [1.54, 1.807) is 13.1 Å². The predicted molar refractivity (Wildman–Crippen MR) is 122 cm³/mol. The molecule has 0 fully saturated rings. The van der Waals surface area contributed by atoms with E-state index in [1.807, 2.05) is 0 Å². The van der Waals surface area contributed by atoms with Crippen LogP contribution in [-0.2, 0) is 19.6 Å². The van der Waals surface area contributed by atoms with Gasteiger partial charge in [0.1, 0.15) is 5.56 Å². The monoisotopic (exact) mass is 503 g/mol. The molecule has 1 aliphatic carbocycles. The van der Waals surface area contributed by atoms with E-state index in [2.05, 4.69) is 0 Å². The maximum atomic E-state index is 13.5. The zero-order chi connectivity index (χ0) is 25.2. The summed E-state index contributed by atoms with van der Waals surface area (Å²) in [4.78, 5) is 50.2. The van der Waals surface area contributed by atoms with Crippen LogP contribution >= 0.6 is 11.3 Å². The van der Waals surface area contributed by atoms with E-state index in [0.29, 0.717) is 14.8 Å². The Balaban J connectivity index is 1.76. The molecule has 5 rings (SSSR count). The molecular weight excluding hydrogens is 487 g/mol. The molecule has 0 aliphatic heterocycles. The van der Waals surface area contributed by atoms with E-state index < -0.39 is 40.6 Å². The first-order valence-electron chi connectivity index (χ1n) is 10.4. The van der Waals surface area contributed by atoms with Crippen LogP contribution in [0.2, 0.25) is 0 Å². The molecule has 0 amide bonds. The first-order valence-corrected chi connectivity index (χ1v) is 11.2. The van der Waals surface area contributed by atoms with Gasteiger partial charge in [0.15, 0.2) is 0 Å². The molecule has 1 aliphatic rings. The Morgan fingerprint density at radius 1 is 1.14 bits per heavy atom. The zero-order valence-electron chi connectivity index (χ0n) is 18.0. The van der Waals surface area contributed by atoms with Gasteiger partial charge in [-0.15, -0.1) is 0 Å². The molecule has 2 aromatic carbocycles. The van der Waals surface area contributed by atoms with Crippen LogP contribution in [0.5, 0.6) is 0 Å². The number of alkyl halides is 3. The Morgan fingerprint density at radius 2 is 1.89 bits per heavy atom. The van der Waals surface area contributed by atoms with Gasteiger partial charge >= 0.3 is 22.7 Å². The molecule has 2 heterocycles. The van der Waals surface area contributed by atoms with Crippen LogP contribution in [0.25, 0.3) is 15.9 Å². The van der Waals surface area contributed by atoms with Crippen molar-refractivity contribution in [3.8, 4) is 5.69 Å². The van der Waals surface area contributed by atoms with E-state index in [9.17, 15) is 37.5 Å². The average molecular weight is 503 g/mol. The number of nitrogens with zero attached hydrogens (tertiary/aromatic N) is 3. The summed E-state index contributed by atoms with van der Waals surface area (Å²) >= 11 is 0.932. The van der Waals surface area contributed by atoms with Crippen LogP contribution in [0.15, 0.2) is 57.0 Å². The number of aryl methyl sites for hydroxylation is 1. The minimum Gasteiger partial charge on any atom is -0.477 e. The molecule has 0 radical (unpaired) electrons. The van der Waals surface area contributed by atoms with Gasteiger partial charge in [0.25, 0.3) is 5.56 Å². The second-order valence-electron chi connectivity index (χ2n) is 8.18. The zero-order valence-corrected chi connectivity index (χ0v) is 18.8. The quantitative estimate of drug-likeness (QED) is 0.463. The van der Waals surface area contributed by atoms with Crippen LogP contribution in [-0.4, -0.2) is 24.8 Å². The second kappa shape index (κ2) is 7.80. The summed E-state index contributed by atoms with van der Waals surface area (Å²) in [5.41, 5.74) is -2.58. The highest BCUT2D eigenvalue weighted by atomic mass is 32.1. The lowest BCUT2D eigenvalue weighted by Gasteiger charge is -2.19. The van der Waals surface area contributed by atoms with Crippen LogP contribution in [0.3, 0.4) is 0 Å². The maximum Gasteiger partial charge on any atom is 0.416 e. The summed E-state index contributed by atoms with van der Waals surface area (Å²) in [5.74, 6) is -1.58. The summed E-state index contributed by atoms with van der Waals surface area (Å²) in [7, 11) is 1.59. The van der Waals surface area contributed by atoms with E-state index in [1.165, 1.54) is 28.8 Å². The second-order valence-corrected chi connectivity index (χ2v) is 9.17. The molecule has 1 unspecified atom stereocenters. The summed E-state index contributed by atoms with van der Waals surface area (Å²) in [6.07, 6.45) is -3.71. The normalized spacial score (nSPS) is 15.5. The molecule has 0 bridgehead atoms. The molecule has 8 nitrogen and oxygen atoms in total. The smallest absolute Gasteiger partial charge is 0.416 e. The van der Waals surface area contributed by atoms with Crippen molar-refractivity contribution in [1.82, 2.24) is 13.7 Å². The molecule has 0 saturated carbocycles. The van der Waals surface area contributed by atoms with Gasteiger partial charge in [-0.3, -0.25) is 18.7 Å². The Morgan fingerprint density at radius 3 is 2.57 bits per heavy atom. The average Bonchev–Trinajstić information content (AvgIpc) is 3.33. The van der Waals surface area contributed by atoms with Crippen LogP contribution in [0.4, 0.5) is 13.2 Å². The third-order valence-corrected chi connectivity index (χ3v) is 7.26. The molecule has 0 spiro atoms. The van der Waals surface area contributed by atoms with Crippen LogP contribution in [0.1, 0.15) is 39.5 Å². The fourth-order valence-corrected chi connectivity index (χ4v) is 5.53. The number of halogens is 3. The number of fused-ring (bicyclic) bond motifs is 2. The fourth-order valence-electron chi connectivity index (χ4n) is 4.62. The Kier molecular flexibility index (Phi) is 5.09. The number of aromatic nitrogens is 3. The maximum absolute atomic E-state index is 13.5. The third kappa shape index (κ3) is 3.52. The number of hydrogen-bond donors (Lipinski definition) is 1. The van der Waals surface area contributed by atoms with Gasteiger partial charge in [0, 0.05) is 13.2 Å². The molecule has 35 heavy (non-hydrogen) atoms. The van der Waals surface area contributed by atoms with Crippen molar-refractivity contribution in [3.05, 3.63) is 95.4 Å². The molecule has 12 heteroatoms. The molecule has 180 valence electrons. The summed E-state index contributed by atoms with van der Waals surface area (Å²) in [6, 6.07) is 7.11. The number of carboxylic acids is 1. The lowest BCUT2D eigenvalue weighted by atomic mass is 10.0. The summed E-state index contributed by atoms with van der Waals surface area (Å²) in [5, 5.41) is 9.63. The Hall–Kier alpha value is -3.93. The summed E-state index contributed by atoms with van der Waals surface area (Å²) in [6.45, 7) is 0. The Bertz CT molecular complexity index is 1710. The highest BCUT2D eigenvalue weighted by Gasteiger charge is 2.38. The van der Waals surface area contributed by atoms with Crippen molar-refractivity contribution < 1.29 is 23.1 Å². The van der Waals surface area contributed by atoms with Gasteiger partial charge in [-0.05, 0) is 48.2 Å². The van der Waals surface area contributed by atoms with Crippen LogP contribution < -0.4 is 16.1 Å². The minimum atomic E-state index is -4.61. The number of rotatable bonds is 3. The van der Waals surface area contributed by atoms with Crippen molar-refractivity contribution in [1.29, 1.82) is 0 Å². The topological polar surface area (TPSA) is 103 Å². The Labute approximate surface area is 197 Å². The SMILES string of the molecule is Cn1c(=O)sc2cc(-n3cc(C(=O)O)c(=O)n(C4CCc5c4cccc5C(F)(F)F)c3=O)ccc21. The van der Waals surface area contributed by atoms with Gasteiger partial charge in [0.05, 0.1) is 27.5 Å². The number of hydrogen-bond acceptors (Lipinski definition) is 5. The van der Waals surface area contributed by atoms with Crippen molar-refractivity contribution in [2.75, 3.05) is 0 Å². The molecule has 1 N–H and O–H groups in total. The predicted octanol–water partition coefficient (Wildman–Crippen LogP) is 3.17. The van der Waals surface area contributed by atoms with Gasteiger partial charge < -0.3 is 9.67 Å². The van der Waals surface area contributed by atoms with Crippen molar-refractivity contribution in [2.45, 2.75) is 25.1 Å². The van der Waals surface area contributed by atoms with Gasteiger partial charge in [-0.1, -0.05) is 23.5 Å². The molecule has 0 saturated heterocycles. The first-order chi connectivity index (χ1) is 16.5. The highest BCUT2D eigenvalue weighted by Crippen LogP contribution is 2.41. The summed E-state index contributed by atoms with van der Waals surface area (Å²) < 4.78 is 44.2. The van der Waals surface area contributed by atoms with Crippen molar-refractivity contribution in [2.24, 2.45) is 7.05 Å². The van der Waals surface area contributed by atoms with E-state index >= 15 is 0 Å². The van der Waals surface area contributed by atoms with E-state index in [0.717, 1.165) is 28.2 Å². The first kappa shape index (κ1) is 22.8. The van der Waals surface area contributed by atoms with E-state index in [-0.39, 0.29) is 34.5 Å². The van der Waals surface area contributed by atoms with Crippen LogP contribution in [0, 0.1) is 0 Å². The number of aromatic carboxylic acids is 1. The van der Waals surface area contributed by atoms with E-state index in [4.69, 9.17) is 0 Å². The lowest BCUT2D eigenvalue weighted by Crippen LogP contribution is -2.43. The van der Waals surface area contributed by atoms with Crippen molar-refractivity contribution in [3.63, 3.8) is 0 Å². The number of benzene rings is 2. The third-order valence-electron chi connectivity index (χ3n) is 6.26. The van der Waals surface area contributed by atoms with Gasteiger partial charge in [0.2, 0.25) is 0 Å². The minimum absolute atomic E-state index is 0.0148. The highest BCUT2D eigenvalue weighted by molar-refractivity contribution is 7.16.